The zero-order valence-corrected chi connectivity index (χ0v) is 14.5. The second kappa shape index (κ2) is 8.09. The van der Waals surface area contributed by atoms with Crippen LogP contribution in [0.3, 0.4) is 0 Å². The second-order valence-electron chi connectivity index (χ2n) is 5.30. The number of halogens is 2. The summed E-state index contributed by atoms with van der Waals surface area (Å²) in [5, 5.41) is 7.71. The molecule has 1 aromatic heterocycles. The summed E-state index contributed by atoms with van der Waals surface area (Å²) in [6.45, 7) is 1.59. The molecule has 0 aliphatic heterocycles. The van der Waals surface area contributed by atoms with Gasteiger partial charge in [0, 0.05) is 10.5 Å². The largest absolute Gasteiger partial charge is 0.452 e. The third-order valence-electron chi connectivity index (χ3n) is 3.37. The standard InChI is InChI=1S/C18H14F2N2O3S/c1-11(24-16(23)10-26-15-5-3-2-4-14(15)20)17-21-22-18(25-17)12-6-8-13(19)9-7-12/h2-9,11H,10H2,1H3/t11-/m0/s1. The van der Waals surface area contributed by atoms with E-state index < -0.39 is 12.1 Å². The van der Waals surface area contributed by atoms with Gasteiger partial charge >= 0.3 is 5.97 Å². The monoisotopic (exact) mass is 376 g/mol. The molecular weight excluding hydrogens is 362 g/mol. The first-order chi connectivity index (χ1) is 12.5. The minimum Gasteiger partial charge on any atom is -0.452 e. The van der Waals surface area contributed by atoms with E-state index in [0.717, 1.165) is 11.8 Å². The predicted molar refractivity (Wildman–Crippen MR) is 91.3 cm³/mol. The molecule has 8 heteroatoms. The van der Waals surface area contributed by atoms with Gasteiger partial charge in [-0.15, -0.1) is 22.0 Å². The fourth-order valence-electron chi connectivity index (χ4n) is 2.09. The maximum absolute atomic E-state index is 13.5. The van der Waals surface area contributed by atoms with Crippen LogP contribution in [0.2, 0.25) is 0 Å². The Bertz CT molecular complexity index is 899. The summed E-state index contributed by atoms with van der Waals surface area (Å²) in [5.74, 6) is -1.03. The SMILES string of the molecule is C[C@H](OC(=O)CSc1ccccc1F)c1nnc(-c2ccc(F)cc2)o1. The van der Waals surface area contributed by atoms with Crippen molar-refractivity contribution in [1.29, 1.82) is 0 Å². The predicted octanol–water partition coefficient (Wildman–Crippen LogP) is 4.41. The molecule has 1 atom stereocenters. The molecule has 26 heavy (non-hydrogen) atoms. The van der Waals surface area contributed by atoms with Gasteiger partial charge in [0.1, 0.15) is 11.6 Å². The molecule has 0 unspecified atom stereocenters. The van der Waals surface area contributed by atoms with Crippen LogP contribution >= 0.6 is 11.8 Å². The van der Waals surface area contributed by atoms with Gasteiger partial charge in [0.05, 0.1) is 5.75 Å². The van der Waals surface area contributed by atoms with E-state index in [1.54, 1.807) is 25.1 Å². The maximum atomic E-state index is 13.5. The van der Waals surface area contributed by atoms with Crippen molar-refractivity contribution in [3.05, 3.63) is 66.1 Å². The van der Waals surface area contributed by atoms with Crippen LogP contribution in [0.4, 0.5) is 8.78 Å². The lowest BCUT2D eigenvalue weighted by molar-refractivity contribution is -0.146. The number of rotatable bonds is 6. The van der Waals surface area contributed by atoms with E-state index in [4.69, 9.17) is 9.15 Å². The van der Waals surface area contributed by atoms with Crippen molar-refractivity contribution in [1.82, 2.24) is 10.2 Å². The van der Waals surface area contributed by atoms with Crippen molar-refractivity contribution in [2.24, 2.45) is 0 Å². The number of esters is 1. The summed E-state index contributed by atoms with van der Waals surface area (Å²) >= 11 is 1.04. The summed E-state index contributed by atoms with van der Waals surface area (Å²) in [6.07, 6.45) is -0.759. The molecular formula is C18H14F2N2O3S. The van der Waals surface area contributed by atoms with Crippen molar-refractivity contribution in [3.8, 4) is 11.5 Å². The molecule has 0 saturated heterocycles. The van der Waals surface area contributed by atoms with E-state index in [-0.39, 0.29) is 29.2 Å². The Kier molecular flexibility index (Phi) is 5.62. The van der Waals surface area contributed by atoms with Gasteiger partial charge in [0.15, 0.2) is 6.10 Å². The highest BCUT2D eigenvalue weighted by Gasteiger charge is 2.19. The molecule has 0 aliphatic carbocycles. The molecule has 0 bridgehead atoms. The Balaban J connectivity index is 1.58. The topological polar surface area (TPSA) is 65.2 Å². The highest BCUT2D eigenvalue weighted by molar-refractivity contribution is 8.00. The zero-order chi connectivity index (χ0) is 18.5. The number of thioether (sulfide) groups is 1. The van der Waals surface area contributed by atoms with Gasteiger partial charge in [-0.05, 0) is 43.3 Å². The van der Waals surface area contributed by atoms with Crippen LogP contribution in [0.25, 0.3) is 11.5 Å². The quantitative estimate of drug-likeness (QED) is 0.469. The Morgan fingerprint density at radius 2 is 1.88 bits per heavy atom. The number of ether oxygens (including phenoxy) is 1. The molecule has 3 rings (SSSR count). The summed E-state index contributed by atoms with van der Waals surface area (Å²) in [5.41, 5.74) is 0.554. The van der Waals surface area contributed by atoms with Gasteiger partial charge in [-0.3, -0.25) is 4.79 Å². The van der Waals surface area contributed by atoms with Crippen LogP contribution < -0.4 is 0 Å². The van der Waals surface area contributed by atoms with E-state index in [1.165, 1.54) is 30.3 Å². The highest BCUT2D eigenvalue weighted by Crippen LogP contribution is 2.25. The molecule has 0 spiro atoms. The van der Waals surface area contributed by atoms with Crippen molar-refractivity contribution in [2.45, 2.75) is 17.9 Å². The van der Waals surface area contributed by atoms with Crippen LogP contribution in [-0.4, -0.2) is 21.9 Å². The van der Waals surface area contributed by atoms with E-state index in [9.17, 15) is 13.6 Å². The van der Waals surface area contributed by atoms with E-state index >= 15 is 0 Å². The van der Waals surface area contributed by atoms with Gasteiger partial charge in [0.2, 0.25) is 5.89 Å². The lowest BCUT2D eigenvalue weighted by Crippen LogP contribution is -2.11. The Morgan fingerprint density at radius 1 is 1.15 bits per heavy atom. The summed E-state index contributed by atoms with van der Waals surface area (Å²) in [4.78, 5) is 12.3. The highest BCUT2D eigenvalue weighted by atomic mass is 32.2. The number of hydrogen-bond donors (Lipinski definition) is 0. The molecule has 134 valence electrons. The van der Waals surface area contributed by atoms with Crippen LogP contribution in [0.5, 0.6) is 0 Å². The van der Waals surface area contributed by atoms with Gasteiger partial charge in [-0.25, -0.2) is 8.78 Å². The van der Waals surface area contributed by atoms with E-state index in [2.05, 4.69) is 10.2 Å². The van der Waals surface area contributed by atoms with Crippen molar-refractivity contribution in [2.75, 3.05) is 5.75 Å². The average molecular weight is 376 g/mol. The first-order valence-electron chi connectivity index (χ1n) is 7.69. The molecule has 1 heterocycles. The molecule has 2 aromatic carbocycles. The molecule has 0 aliphatic rings. The molecule has 5 nitrogen and oxygen atoms in total. The lowest BCUT2D eigenvalue weighted by Gasteiger charge is -2.09. The number of aromatic nitrogens is 2. The Hall–Kier alpha value is -2.74. The summed E-state index contributed by atoms with van der Waals surface area (Å²) in [6, 6.07) is 11.8. The minimum atomic E-state index is -0.759. The van der Waals surface area contributed by atoms with E-state index in [0.29, 0.717) is 10.5 Å². The lowest BCUT2D eigenvalue weighted by atomic mass is 10.2. The first kappa shape index (κ1) is 18.1. The minimum absolute atomic E-state index is 0.0514. The van der Waals surface area contributed by atoms with Crippen molar-refractivity contribution in [3.63, 3.8) is 0 Å². The van der Waals surface area contributed by atoms with Crippen LogP contribution in [0, 0.1) is 11.6 Å². The number of carbonyl (C=O) groups excluding carboxylic acids is 1. The van der Waals surface area contributed by atoms with Gasteiger partial charge < -0.3 is 9.15 Å². The summed E-state index contributed by atoms with van der Waals surface area (Å²) < 4.78 is 37.2. The molecule has 0 amide bonds. The second-order valence-corrected chi connectivity index (χ2v) is 6.32. The smallest absolute Gasteiger partial charge is 0.317 e. The normalized spacial score (nSPS) is 12.0. The molecule has 0 saturated carbocycles. The van der Waals surface area contributed by atoms with Crippen molar-refractivity contribution < 1.29 is 22.7 Å². The number of benzene rings is 2. The Morgan fingerprint density at radius 3 is 2.62 bits per heavy atom. The van der Waals surface area contributed by atoms with Gasteiger partial charge in [0.25, 0.3) is 5.89 Å². The fourth-order valence-corrected chi connectivity index (χ4v) is 2.81. The number of hydrogen-bond acceptors (Lipinski definition) is 6. The molecule has 3 aromatic rings. The molecule has 0 fully saturated rings. The summed E-state index contributed by atoms with van der Waals surface area (Å²) in [7, 11) is 0. The van der Waals surface area contributed by atoms with Crippen LogP contribution in [0.15, 0.2) is 57.8 Å². The average Bonchev–Trinajstić information content (AvgIpc) is 3.12. The third kappa shape index (κ3) is 4.45. The molecule has 0 radical (unpaired) electrons. The molecule has 0 N–H and O–H groups in total. The first-order valence-corrected chi connectivity index (χ1v) is 8.67. The third-order valence-corrected chi connectivity index (χ3v) is 4.39. The Labute approximate surface area is 152 Å². The van der Waals surface area contributed by atoms with Crippen LogP contribution in [-0.2, 0) is 9.53 Å². The number of carbonyl (C=O) groups is 1. The van der Waals surface area contributed by atoms with Crippen molar-refractivity contribution >= 4 is 17.7 Å². The van der Waals surface area contributed by atoms with E-state index in [1.807, 2.05) is 0 Å². The van der Waals surface area contributed by atoms with Gasteiger partial charge in [-0.1, -0.05) is 12.1 Å². The van der Waals surface area contributed by atoms with Crippen LogP contribution in [0.1, 0.15) is 18.9 Å². The zero-order valence-electron chi connectivity index (χ0n) is 13.7. The maximum Gasteiger partial charge on any atom is 0.317 e. The van der Waals surface area contributed by atoms with Gasteiger partial charge in [-0.2, -0.15) is 0 Å². The number of nitrogens with zero attached hydrogens (tertiary/aromatic N) is 2. The fraction of sp³-hybridized carbons (Fsp3) is 0.167.